The second kappa shape index (κ2) is 6.47. The highest BCUT2D eigenvalue weighted by atomic mass is 16.6. The van der Waals surface area contributed by atoms with E-state index in [2.05, 4.69) is 0 Å². The molecule has 0 unspecified atom stereocenters. The van der Waals surface area contributed by atoms with Crippen LogP contribution in [0.3, 0.4) is 0 Å². The normalized spacial score (nSPS) is 36.7. The molecule has 0 aliphatic carbocycles. The highest BCUT2D eigenvalue weighted by molar-refractivity contribution is 5.65. The van der Waals surface area contributed by atoms with Crippen molar-refractivity contribution in [2.75, 3.05) is 6.61 Å². The SMILES string of the molecule is CC(=O)OC[C@H]1O[C@H](CC(C)C)[C@@H](O)[C@@H](O)[C@H]1O. The lowest BCUT2D eigenvalue weighted by molar-refractivity contribution is -0.234. The summed E-state index contributed by atoms with van der Waals surface area (Å²) in [7, 11) is 0. The van der Waals surface area contributed by atoms with E-state index in [0.717, 1.165) is 0 Å². The zero-order valence-corrected chi connectivity index (χ0v) is 10.9. The monoisotopic (exact) mass is 262 g/mol. The van der Waals surface area contributed by atoms with E-state index < -0.39 is 36.5 Å². The lowest BCUT2D eigenvalue weighted by Gasteiger charge is -2.41. The molecule has 6 heteroatoms. The second-order valence-corrected chi connectivity index (χ2v) is 5.12. The highest BCUT2D eigenvalue weighted by Crippen LogP contribution is 2.25. The molecule has 18 heavy (non-hydrogen) atoms. The fourth-order valence-electron chi connectivity index (χ4n) is 2.02. The van der Waals surface area contributed by atoms with E-state index in [9.17, 15) is 20.1 Å². The van der Waals surface area contributed by atoms with Gasteiger partial charge in [-0.15, -0.1) is 0 Å². The lowest BCUT2D eigenvalue weighted by atomic mass is 9.91. The van der Waals surface area contributed by atoms with Crippen molar-refractivity contribution in [3.63, 3.8) is 0 Å². The smallest absolute Gasteiger partial charge is 0.302 e. The van der Waals surface area contributed by atoms with E-state index in [0.29, 0.717) is 6.42 Å². The molecule has 1 rings (SSSR count). The molecule has 1 aliphatic heterocycles. The Balaban J connectivity index is 2.64. The molecule has 0 bridgehead atoms. The number of esters is 1. The molecule has 1 aliphatic rings. The standard InChI is InChI=1S/C12H22O6/c1-6(2)4-8-10(14)12(16)11(15)9(18-8)5-17-7(3)13/h6,8-12,14-16H,4-5H2,1-3H3/t8-,9-,10-,11+,12-/m1/s1. The van der Waals surface area contributed by atoms with Crippen LogP contribution in [0, 0.1) is 5.92 Å². The lowest BCUT2D eigenvalue weighted by Crippen LogP contribution is -2.58. The van der Waals surface area contributed by atoms with Gasteiger partial charge in [0.25, 0.3) is 0 Å². The van der Waals surface area contributed by atoms with Crippen molar-refractivity contribution in [1.29, 1.82) is 0 Å². The number of carbonyl (C=O) groups excluding carboxylic acids is 1. The average Bonchev–Trinajstić information content (AvgIpc) is 2.27. The van der Waals surface area contributed by atoms with Crippen LogP contribution in [0.15, 0.2) is 0 Å². The molecule has 3 N–H and O–H groups in total. The maximum atomic E-state index is 10.7. The summed E-state index contributed by atoms with van der Waals surface area (Å²) >= 11 is 0. The number of ether oxygens (including phenoxy) is 2. The van der Waals surface area contributed by atoms with Crippen LogP contribution in [-0.2, 0) is 14.3 Å². The van der Waals surface area contributed by atoms with Crippen LogP contribution in [0.4, 0.5) is 0 Å². The van der Waals surface area contributed by atoms with Gasteiger partial charge in [0.1, 0.15) is 31.0 Å². The first kappa shape index (κ1) is 15.4. The first-order valence-electron chi connectivity index (χ1n) is 6.16. The molecule has 0 spiro atoms. The van der Waals surface area contributed by atoms with E-state index in [1.54, 1.807) is 0 Å². The number of aliphatic hydroxyl groups is 3. The van der Waals surface area contributed by atoms with Crippen molar-refractivity contribution in [2.45, 2.75) is 57.7 Å². The van der Waals surface area contributed by atoms with Crippen molar-refractivity contribution in [3.05, 3.63) is 0 Å². The molecular formula is C12H22O6. The molecule has 1 fully saturated rings. The first-order chi connectivity index (χ1) is 8.32. The van der Waals surface area contributed by atoms with Gasteiger partial charge in [0.2, 0.25) is 0 Å². The van der Waals surface area contributed by atoms with Gasteiger partial charge in [0.05, 0.1) is 6.10 Å². The van der Waals surface area contributed by atoms with Crippen LogP contribution in [0.1, 0.15) is 27.2 Å². The van der Waals surface area contributed by atoms with Gasteiger partial charge in [-0.25, -0.2) is 0 Å². The van der Waals surface area contributed by atoms with Crippen LogP contribution in [0.2, 0.25) is 0 Å². The Kier molecular flexibility index (Phi) is 5.52. The Hall–Kier alpha value is -0.690. The molecule has 0 amide bonds. The minimum Gasteiger partial charge on any atom is -0.463 e. The number of hydrogen-bond donors (Lipinski definition) is 3. The fraction of sp³-hybridized carbons (Fsp3) is 0.917. The summed E-state index contributed by atoms with van der Waals surface area (Å²) in [6.07, 6.45) is -4.50. The molecule has 6 nitrogen and oxygen atoms in total. The number of rotatable bonds is 4. The Morgan fingerprint density at radius 3 is 2.22 bits per heavy atom. The molecule has 106 valence electrons. The quantitative estimate of drug-likeness (QED) is 0.588. The minimum atomic E-state index is -1.29. The van der Waals surface area contributed by atoms with Crippen LogP contribution in [0.25, 0.3) is 0 Å². The molecule has 0 radical (unpaired) electrons. The van der Waals surface area contributed by atoms with E-state index >= 15 is 0 Å². The van der Waals surface area contributed by atoms with E-state index in [1.807, 2.05) is 13.8 Å². The van der Waals surface area contributed by atoms with E-state index in [-0.39, 0.29) is 12.5 Å². The van der Waals surface area contributed by atoms with Crippen molar-refractivity contribution in [1.82, 2.24) is 0 Å². The van der Waals surface area contributed by atoms with Crippen LogP contribution in [-0.4, -0.2) is 58.4 Å². The third kappa shape index (κ3) is 3.91. The molecule has 0 aromatic heterocycles. The molecule has 0 aromatic carbocycles. The largest absolute Gasteiger partial charge is 0.463 e. The second-order valence-electron chi connectivity index (χ2n) is 5.12. The summed E-state index contributed by atoms with van der Waals surface area (Å²) in [6.45, 7) is 5.06. The minimum absolute atomic E-state index is 0.130. The summed E-state index contributed by atoms with van der Waals surface area (Å²) < 4.78 is 10.3. The molecular weight excluding hydrogens is 240 g/mol. The summed E-state index contributed by atoms with van der Waals surface area (Å²) in [5.41, 5.74) is 0. The molecule has 0 saturated carbocycles. The molecule has 0 aromatic rings. The summed E-state index contributed by atoms with van der Waals surface area (Å²) in [6, 6.07) is 0. The predicted molar refractivity (Wildman–Crippen MR) is 62.8 cm³/mol. The topological polar surface area (TPSA) is 96.2 Å². The van der Waals surface area contributed by atoms with Crippen LogP contribution >= 0.6 is 0 Å². The van der Waals surface area contributed by atoms with Gasteiger partial charge < -0.3 is 24.8 Å². The fourth-order valence-corrected chi connectivity index (χ4v) is 2.02. The average molecular weight is 262 g/mol. The summed E-state index contributed by atoms with van der Waals surface area (Å²) in [4.78, 5) is 10.7. The third-order valence-electron chi connectivity index (χ3n) is 2.97. The maximum absolute atomic E-state index is 10.7. The first-order valence-corrected chi connectivity index (χ1v) is 6.16. The zero-order chi connectivity index (χ0) is 13.9. The van der Waals surface area contributed by atoms with Crippen molar-refractivity contribution < 1.29 is 29.6 Å². The van der Waals surface area contributed by atoms with Crippen molar-refractivity contribution in [2.24, 2.45) is 5.92 Å². The van der Waals surface area contributed by atoms with Gasteiger partial charge in [-0.3, -0.25) is 4.79 Å². The summed E-state index contributed by atoms with van der Waals surface area (Å²) in [5.74, 6) is -0.201. The Morgan fingerprint density at radius 2 is 1.72 bits per heavy atom. The van der Waals surface area contributed by atoms with E-state index in [1.165, 1.54) is 6.92 Å². The van der Waals surface area contributed by atoms with Crippen molar-refractivity contribution >= 4 is 5.97 Å². The molecule has 5 atom stereocenters. The number of carbonyl (C=O) groups is 1. The van der Waals surface area contributed by atoms with Gasteiger partial charge in [0, 0.05) is 6.92 Å². The van der Waals surface area contributed by atoms with Gasteiger partial charge >= 0.3 is 5.97 Å². The van der Waals surface area contributed by atoms with Gasteiger partial charge in [-0.1, -0.05) is 13.8 Å². The Labute approximate surface area is 107 Å². The van der Waals surface area contributed by atoms with Gasteiger partial charge in [-0.2, -0.15) is 0 Å². The Morgan fingerprint density at radius 1 is 1.17 bits per heavy atom. The molecule has 1 heterocycles. The van der Waals surface area contributed by atoms with Crippen LogP contribution < -0.4 is 0 Å². The maximum Gasteiger partial charge on any atom is 0.302 e. The van der Waals surface area contributed by atoms with Gasteiger partial charge in [-0.05, 0) is 12.3 Å². The molecule has 1 saturated heterocycles. The highest BCUT2D eigenvalue weighted by Gasteiger charge is 2.43. The van der Waals surface area contributed by atoms with Crippen LogP contribution in [0.5, 0.6) is 0 Å². The zero-order valence-electron chi connectivity index (χ0n) is 10.9. The third-order valence-corrected chi connectivity index (χ3v) is 2.97. The summed E-state index contributed by atoms with van der Waals surface area (Å²) in [5, 5.41) is 29.3. The van der Waals surface area contributed by atoms with E-state index in [4.69, 9.17) is 9.47 Å². The van der Waals surface area contributed by atoms with Crippen molar-refractivity contribution in [3.8, 4) is 0 Å². The predicted octanol–water partition coefficient (Wildman–Crippen LogP) is -0.554. The number of hydrogen-bond acceptors (Lipinski definition) is 6. The Bertz CT molecular complexity index is 280. The number of aliphatic hydroxyl groups excluding tert-OH is 3. The van der Waals surface area contributed by atoms with Gasteiger partial charge in [0.15, 0.2) is 0 Å².